The van der Waals surface area contributed by atoms with Gasteiger partial charge in [-0.3, -0.25) is 4.79 Å². The summed E-state index contributed by atoms with van der Waals surface area (Å²) in [5.74, 6) is 2.27. The number of rotatable bonds is 2. The summed E-state index contributed by atoms with van der Waals surface area (Å²) in [6, 6.07) is 2.08. The summed E-state index contributed by atoms with van der Waals surface area (Å²) in [7, 11) is 0. The van der Waals surface area contributed by atoms with Crippen LogP contribution in [0.1, 0.15) is 38.4 Å². The van der Waals surface area contributed by atoms with E-state index in [2.05, 4.69) is 28.3 Å². The van der Waals surface area contributed by atoms with Crippen LogP contribution in [0.2, 0.25) is 0 Å². The highest BCUT2D eigenvalue weighted by molar-refractivity contribution is 7.17. The molecular weight excluding hydrogens is 320 g/mol. The monoisotopic (exact) mass is 344 g/mol. The van der Waals surface area contributed by atoms with E-state index in [1.54, 1.807) is 11.3 Å². The smallest absolute Gasteiger partial charge is 0.222 e. The lowest BCUT2D eigenvalue weighted by Gasteiger charge is -2.47. The van der Waals surface area contributed by atoms with Crippen LogP contribution in [-0.2, 0) is 4.79 Å². The van der Waals surface area contributed by atoms with Gasteiger partial charge in [-0.1, -0.05) is 0 Å². The van der Waals surface area contributed by atoms with E-state index in [-0.39, 0.29) is 0 Å². The van der Waals surface area contributed by atoms with E-state index in [0.29, 0.717) is 11.3 Å². The molecule has 4 heterocycles. The summed E-state index contributed by atoms with van der Waals surface area (Å²) in [6.07, 6.45) is 4.06. The average Bonchev–Trinajstić information content (AvgIpc) is 3.05. The molecule has 2 saturated heterocycles. The molecule has 0 bridgehead atoms. The Bertz CT molecular complexity index is 763. The van der Waals surface area contributed by atoms with Crippen molar-refractivity contribution in [3.8, 4) is 0 Å². The molecule has 2 aliphatic rings. The first-order valence-corrected chi connectivity index (χ1v) is 9.73. The molecule has 0 aliphatic carbocycles. The first-order valence-electron chi connectivity index (χ1n) is 8.85. The topological polar surface area (TPSA) is 49.3 Å². The van der Waals surface area contributed by atoms with Crippen molar-refractivity contribution in [3.63, 3.8) is 0 Å². The molecule has 0 unspecified atom stereocenters. The molecule has 128 valence electrons. The van der Waals surface area contributed by atoms with Gasteiger partial charge in [0.05, 0.1) is 10.2 Å². The number of nitrogens with zero attached hydrogens (tertiary/aromatic N) is 4. The fourth-order valence-corrected chi connectivity index (χ4v) is 5.01. The molecule has 1 amide bonds. The minimum Gasteiger partial charge on any atom is -0.355 e. The number of aryl methyl sites for hydroxylation is 1. The number of hydrogen-bond acceptors (Lipinski definition) is 5. The van der Waals surface area contributed by atoms with Crippen molar-refractivity contribution >= 4 is 33.3 Å². The van der Waals surface area contributed by atoms with Gasteiger partial charge in [0.15, 0.2) is 0 Å². The van der Waals surface area contributed by atoms with Gasteiger partial charge in [-0.25, -0.2) is 9.97 Å². The maximum Gasteiger partial charge on any atom is 0.222 e. The van der Waals surface area contributed by atoms with Crippen molar-refractivity contribution in [1.29, 1.82) is 0 Å². The molecule has 0 aromatic carbocycles. The minimum atomic E-state index is 0.317. The van der Waals surface area contributed by atoms with Crippen LogP contribution in [0.4, 0.5) is 5.82 Å². The highest BCUT2D eigenvalue weighted by Gasteiger charge is 2.40. The molecule has 2 aliphatic heterocycles. The van der Waals surface area contributed by atoms with Gasteiger partial charge in [-0.05, 0) is 50.0 Å². The van der Waals surface area contributed by atoms with E-state index >= 15 is 0 Å². The molecule has 2 aromatic heterocycles. The molecule has 2 aromatic rings. The third-order valence-electron chi connectivity index (χ3n) is 5.65. The zero-order valence-corrected chi connectivity index (χ0v) is 15.2. The fraction of sp³-hybridized carbons (Fsp3) is 0.611. The van der Waals surface area contributed by atoms with Crippen molar-refractivity contribution in [2.75, 3.05) is 31.1 Å². The van der Waals surface area contributed by atoms with Gasteiger partial charge >= 0.3 is 0 Å². The van der Waals surface area contributed by atoms with Gasteiger partial charge < -0.3 is 9.80 Å². The van der Waals surface area contributed by atoms with Crippen LogP contribution in [-0.4, -0.2) is 47.0 Å². The highest BCUT2D eigenvalue weighted by Crippen LogP contribution is 2.42. The normalized spacial score (nSPS) is 21.0. The SMILES string of the molecule is CCN1CC2(CCC1=O)CCN(c1nc(C)nc3ccsc13)CC2. The number of fused-ring (bicyclic) bond motifs is 1. The molecule has 0 atom stereocenters. The van der Waals surface area contributed by atoms with Crippen molar-refractivity contribution in [3.05, 3.63) is 17.3 Å². The molecule has 2 fully saturated rings. The number of carbonyl (C=O) groups is 1. The first kappa shape index (κ1) is 15.8. The third kappa shape index (κ3) is 2.66. The first-order chi connectivity index (χ1) is 11.6. The predicted molar refractivity (Wildman–Crippen MR) is 97.5 cm³/mol. The van der Waals surface area contributed by atoms with Crippen LogP contribution in [0.15, 0.2) is 11.4 Å². The quantitative estimate of drug-likeness (QED) is 0.839. The Labute approximate surface area is 146 Å². The fourth-order valence-electron chi connectivity index (χ4n) is 4.17. The Morgan fingerprint density at radius 1 is 1.25 bits per heavy atom. The Morgan fingerprint density at radius 3 is 2.79 bits per heavy atom. The zero-order valence-electron chi connectivity index (χ0n) is 14.4. The van der Waals surface area contributed by atoms with E-state index in [1.807, 2.05) is 11.8 Å². The van der Waals surface area contributed by atoms with Gasteiger partial charge in [0, 0.05) is 32.6 Å². The van der Waals surface area contributed by atoms with Gasteiger partial charge in [-0.15, -0.1) is 11.3 Å². The van der Waals surface area contributed by atoms with E-state index in [1.165, 1.54) is 4.70 Å². The number of aromatic nitrogens is 2. The maximum atomic E-state index is 12.0. The lowest BCUT2D eigenvalue weighted by atomic mass is 9.72. The second-order valence-electron chi connectivity index (χ2n) is 7.12. The molecular formula is C18H24N4OS. The van der Waals surface area contributed by atoms with Crippen molar-refractivity contribution < 1.29 is 4.79 Å². The number of anilines is 1. The molecule has 6 heteroatoms. The summed E-state index contributed by atoms with van der Waals surface area (Å²) in [5.41, 5.74) is 1.38. The standard InChI is InChI=1S/C18H24N4OS/c1-3-21-12-18(6-4-15(21)23)7-9-22(10-8-18)17-16-14(5-11-24-16)19-13(2)20-17/h5,11H,3-4,6-10,12H2,1-2H3. The second kappa shape index (κ2) is 5.99. The largest absolute Gasteiger partial charge is 0.355 e. The summed E-state index contributed by atoms with van der Waals surface area (Å²) < 4.78 is 1.20. The zero-order chi connectivity index (χ0) is 16.7. The average molecular weight is 344 g/mol. The van der Waals surface area contributed by atoms with Crippen LogP contribution in [0.25, 0.3) is 10.2 Å². The van der Waals surface area contributed by atoms with E-state index in [4.69, 9.17) is 4.98 Å². The van der Waals surface area contributed by atoms with Crippen molar-refractivity contribution in [2.45, 2.75) is 39.5 Å². The van der Waals surface area contributed by atoms with Gasteiger partial charge in [0.2, 0.25) is 5.91 Å². The number of hydrogen-bond donors (Lipinski definition) is 0. The Kier molecular flexibility index (Phi) is 3.95. The predicted octanol–water partition coefficient (Wildman–Crippen LogP) is 3.23. The number of carbonyl (C=O) groups excluding carboxylic acids is 1. The molecule has 0 N–H and O–H groups in total. The van der Waals surface area contributed by atoms with Gasteiger partial charge in [0.1, 0.15) is 11.6 Å². The maximum absolute atomic E-state index is 12.0. The lowest BCUT2D eigenvalue weighted by Crippen LogP contribution is -2.51. The minimum absolute atomic E-state index is 0.317. The van der Waals surface area contributed by atoms with Crippen molar-refractivity contribution in [1.82, 2.24) is 14.9 Å². The molecule has 0 radical (unpaired) electrons. The summed E-state index contributed by atoms with van der Waals surface area (Å²) >= 11 is 1.73. The van der Waals surface area contributed by atoms with Gasteiger partial charge in [-0.2, -0.15) is 0 Å². The number of piperidine rings is 2. The van der Waals surface area contributed by atoms with Crippen LogP contribution in [0.3, 0.4) is 0 Å². The number of thiophene rings is 1. The van der Waals surface area contributed by atoms with Crippen LogP contribution < -0.4 is 4.90 Å². The summed E-state index contributed by atoms with van der Waals surface area (Å²) in [5, 5.41) is 2.10. The van der Waals surface area contributed by atoms with E-state index in [9.17, 15) is 4.79 Å². The van der Waals surface area contributed by atoms with Crippen LogP contribution >= 0.6 is 11.3 Å². The van der Waals surface area contributed by atoms with Crippen LogP contribution in [0.5, 0.6) is 0 Å². The number of amides is 1. The van der Waals surface area contributed by atoms with E-state index < -0.39 is 0 Å². The molecule has 1 spiro atoms. The summed E-state index contributed by atoms with van der Waals surface area (Å²) in [6.45, 7) is 7.88. The van der Waals surface area contributed by atoms with Gasteiger partial charge in [0.25, 0.3) is 0 Å². The Hall–Kier alpha value is -1.69. The lowest BCUT2D eigenvalue weighted by molar-refractivity contribution is -0.137. The second-order valence-corrected chi connectivity index (χ2v) is 8.04. The van der Waals surface area contributed by atoms with E-state index in [0.717, 1.165) is 69.0 Å². The Balaban J connectivity index is 1.53. The molecule has 24 heavy (non-hydrogen) atoms. The molecule has 4 rings (SSSR count). The van der Waals surface area contributed by atoms with Crippen LogP contribution in [0, 0.1) is 12.3 Å². The third-order valence-corrected chi connectivity index (χ3v) is 6.55. The van der Waals surface area contributed by atoms with Crippen molar-refractivity contribution in [2.24, 2.45) is 5.41 Å². The molecule has 0 saturated carbocycles. The summed E-state index contributed by atoms with van der Waals surface area (Å²) in [4.78, 5) is 25.7. The molecule has 5 nitrogen and oxygen atoms in total. The Morgan fingerprint density at radius 2 is 2.04 bits per heavy atom. The highest BCUT2D eigenvalue weighted by atomic mass is 32.1. The number of likely N-dealkylation sites (tertiary alicyclic amines) is 1.